The largest absolute Gasteiger partial charge is 0.368 e. The SMILES string of the molecule is Cn1cc(C(N)C(=O)N(CC(N)=O)C2CCCC2)cn1. The van der Waals surface area contributed by atoms with E-state index in [0.29, 0.717) is 5.56 Å². The summed E-state index contributed by atoms with van der Waals surface area (Å²) >= 11 is 0. The fraction of sp³-hybridized carbons (Fsp3) is 0.615. The molecule has 1 unspecified atom stereocenters. The van der Waals surface area contributed by atoms with Crippen molar-refractivity contribution in [2.75, 3.05) is 6.54 Å². The van der Waals surface area contributed by atoms with E-state index in [-0.39, 0.29) is 18.5 Å². The predicted octanol–water partition coefficient (Wildman–Crippen LogP) is -0.324. The Morgan fingerprint density at radius 3 is 2.65 bits per heavy atom. The molecule has 0 radical (unpaired) electrons. The lowest BCUT2D eigenvalue weighted by atomic mass is 10.1. The van der Waals surface area contributed by atoms with E-state index in [0.717, 1.165) is 25.7 Å². The summed E-state index contributed by atoms with van der Waals surface area (Å²) in [6.45, 7) is -0.0720. The molecule has 1 heterocycles. The van der Waals surface area contributed by atoms with Gasteiger partial charge in [-0.25, -0.2) is 0 Å². The number of carbonyl (C=O) groups is 2. The molecule has 0 saturated heterocycles. The highest BCUT2D eigenvalue weighted by Gasteiger charge is 2.31. The minimum absolute atomic E-state index is 0.0673. The van der Waals surface area contributed by atoms with Gasteiger partial charge in [0.2, 0.25) is 11.8 Å². The zero-order valence-corrected chi connectivity index (χ0v) is 11.7. The van der Waals surface area contributed by atoms with E-state index in [1.54, 1.807) is 24.1 Å². The first-order chi connectivity index (χ1) is 9.49. The van der Waals surface area contributed by atoms with Gasteiger partial charge in [0.05, 0.1) is 12.7 Å². The first-order valence-electron chi connectivity index (χ1n) is 6.82. The van der Waals surface area contributed by atoms with Crippen molar-refractivity contribution in [2.45, 2.75) is 37.8 Å². The molecule has 0 aromatic carbocycles. The van der Waals surface area contributed by atoms with Crippen LogP contribution in [0.2, 0.25) is 0 Å². The third kappa shape index (κ3) is 3.16. The van der Waals surface area contributed by atoms with E-state index in [4.69, 9.17) is 11.5 Å². The number of hydrogen-bond donors (Lipinski definition) is 2. The molecule has 2 rings (SSSR count). The number of carbonyl (C=O) groups excluding carboxylic acids is 2. The molecule has 0 aliphatic heterocycles. The van der Waals surface area contributed by atoms with E-state index in [1.165, 1.54) is 4.90 Å². The molecule has 1 aliphatic carbocycles. The van der Waals surface area contributed by atoms with Gasteiger partial charge in [0.25, 0.3) is 0 Å². The molecule has 0 bridgehead atoms. The van der Waals surface area contributed by atoms with Crippen molar-refractivity contribution in [3.63, 3.8) is 0 Å². The molecule has 1 fully saturated rings. The number of hydrogen-bond acceptors (Lipinski definition) is 4. The van der Waals surface area contributed by atoms with Gasteiger partial charge in [0.1, 0.15) is 6.04 Å². The third-order valence-corrected chi connectivity index (χ3v) is 3.72. The van der Waals surface area contributed by atoms with Gasteiger partial charge in [-0.15, -0.1) is 0 Å². The Balaban J connectivity index is 2.14. The molecule has 2 amide bonds. The van der Waals surface area contributed by atoms with Gasteiger partial charge in [-0.3, -0.25) is 14.3 Å². The molecule has 110 valence electrons. The lowest BCUT2D eigenvalue weighted by Gasteiger charge is -2.29. The minimum Gasteiger partial charge on any atom is -0.368 e. The molecule has 7 nitrogen and oxygen atoms in total. The highest BCUT2D eigenvalue weighted by atomic mass is 16.2. The van der Waals surface area contributed by atoms with Gasteiger partial charge < -0.3 is 16.4 Å². The van der Waals surface area contributed by atoms with Crippen LogP contribution >= 0.6 is 0 Å². The smallest absolute Gasteiger partial charge is 0.244 e. The lowest BCUT2D eigenvalue weighted by Crippen LogP contribution is -2.47. The lowest BCUT2D eigenvalue weighted by molar-refractivity contribution is -0.138. The van der Waals surface area contributed by atoms with Crippen LogP contribution < -0.4 is 11.5 Å². The van der Waals surface area contributed by atoms with Crippen LogP contribution in [0.3, 0.4) is 0 Å². The van der Waals surface area contributed by atoms with E-state index in [2.05, 4.69) is 5.10 Å². The number of nitrogens with zero attached hydrogens (tertiary/aromatic N) is 3. The number of aromatic nitrogens is 2. The van der Waals surface area contributed by atoms with Crippen molar-refractivity contribution in [3.8, 4) is 0 Å². The predicted molar refractivity (Wildman–Crippen MR) is 73.3 cm³/mol. The Labute approximate surface area is 117 Å². The van der Waals surface area contributed by atoms with Crippen molar-refractivity contribution in [1.82, 2.24) is 14.7 Å². The van der Waals surface area contributed by atoms with Crippen LogP contribution in [0.1, 0.15) is 37.3 Å². The van der Waals surface area contributed by atoms with Gasteiger partial charge >= 0.3 is 0 Å². The summed E-state index contributed by atoms with van der Waals surface area (Å²) in [5.74, 6) is -0.771. The van der Waals surface area contributed by atoms with Crippen molar-refractivity contribution in [3.05, 3.63) is 18.0 Å². The summed E-state index contributed by atoms with van der Waals surface area (Å²) in [5, 5.41) is 4.01. The quantitative estimate of drug-likeness (QED) is 0.770. The molecular weight excluding hydrogens is 258 g/mol. The zero-order valence-electron chi connectivity index (χ0n) is 11.7. The Morgan fingerprint density at radius 1 is 1.50 bits per heavy atom. The summed E-state index contributed by atoms with van der Waals surface area (Å²) in [5.41, 5.74) is 11.9. The number of rotatable bonds is 5. The third-order valence-electron chi connectivity index (χ3n) is 3.72. The molecule has 1 saturated carbocycles. The number of nitrogens with two attached hydrogens (primary N) is 2. The average molecular weight is 279 g/mol. The van der Waals surface area contributed by atoms with Gasteiger partial charge in [-0.2, -0.15) is 5.10 Å². The fourth-order valence-corrected chi connectivity index (χ4v) is 2.69. The maximum atomic E-state index is 12.5. The zero-order chi connectivity index (χ0) is 14.7. The van der Waals surface area contributed by atoms with Crippen LogP contribution in [-0.4, -0.2) is 39.1 Å². The monoisotopic (exact) mass is 279 g/mol. The second-order valence-electron chi connectivity index (χ2n) is 5.30. The van der Waals surface area contributed by atoms with E-state index >= 15 is 0 Å². The van der Waals surface area contributed by atoms with E-state index in [1.807, 2.05) is 0 Å². The standard InChI is InChI=1S/C13H21N5O2/c1-17-7-9(6-16-17)12(15)13(20)18(8-11(14)19)10-4-2-3-5-10/h6-7,10,12H,2-5,8,15H2,1H3,(H2,14,19). The first kappa shape index (κ1) is 14.5. The molecular formula is C13H21N5O2. The highest BCUT2D eigenvalue weighted by molar-refractivity contribution is 5.87. The molecule has 1 aliphatic rings. The summed E-state index contributed by atoms with van der Waals surface area (Å²) in [7, 11) is 1.76. The maximum absolute atomic E-state index is 12.5. The van der Waals surface area contributed by atoms with Gasteiger partial charge in [-0.05, 0) is 12.8 Å². The van der Waals surface area contributed by atoms with Crippen molar-refractivity contribution < 1.29 is 9.59 Å². The fourth-order valence-electron chi connectivity index (χ4n) is 2.69. The van der Waals surface area contributed by atoms with Crippen LogP contribution in [0, 0.1) is 0 Å². The summed E-state index contributed by atoms with van der Waals surface area (Å²) in [4.78, 5) is 25.3. The minimum atomic E-state index is -0.802. The summed E-state index contributed by atoms with van der Waals surface area (Å²) < 4.78 is 1.59. The summed E-state index contributed by atoms with van der Waals surface area (Å²) in [6.07, 6.45) is 7.21. The number of primary amides is 1. The topological polar surface area (TPSA) is 107 Å². The van der Waals surface area contributed by atoms with E-state index in [9.17, 15) is 9.59 Å². The molecule has 1 atom stereocenters. The van der Waals surface area contributed by atoms with E-state index < -0.39 is 11.9 Å². The number of aryl methyl sites for hydroxylation is 1. The van der Waals surface area contributed by atoms with Crippen LogP contribution in [0.4, 0.5) is 0 Å². The molecule has 4 N–H and O–H groups in total. The Hall–Kier alpha value is -1.89. The van der Waals surface area contributed by atoms with Crippen molar-refractivity contribution >= 4 is 11.8 Å². The Kier molecular flexibility index (Phi) is 4.39. The molecule has 0 spiro atoms. The average Bonchev–Trinajstić information content (AvgIpc) is 3.05. The van der Waals surface area contributed by atoms with Crippen LogP contribution in [0.15, 0.2) is 12.4 Å². The Bertz CT molecular complexity index is 493. The maximum Gasteiger partial charge on any atom is 0.244 e. The first-order valence-corrected chi connectivity index (χ1v) is 6.82. The molecule has 1 aromatic rings. The normalized spacial score (nSPS) is 17.1. The van der Waals surface area contributed by atoms with Crippen molar-refractivity contribution in [1.29, 1.82) is 0 Å². The molecule has 7 heteroatoms. The van der Waals surface area contributed by atoms with Crippen molar-refractivity contribution in [2.24, 2.45) is 18.5 Å². The second kappa shape index (κ2) is 6.04. The van der Waals surface area contributed by atoms with Gasteiger partial charge in [0.15, 0.2) is 0 Å². The van der Waals surface area contributed by atoms with Gasteiger partial charge in [-0.1, -0.05) is 12.8 Å². The number of amides is 2. The highest BCUT2D eigenvalue weighted by Crippen LogP contribution is 2.25. The molecule has 1 aromatic heterocycles. The van der Waals surface area contributed by atoms with Gasteiger partial charge in [0, 0.05) is 24.8 Å². The second-order valence-corrected chi connectivity index (χ2v) is 5.30. The van der Waals surface area contributed by atoms with Crippen LogP contribution in [-0.2, 0) is 16.6 Å². The van der Waals surface area contributed by atoms with Crippen LogP contribution in [0.25, 0.3) is 0 Å². The molecule has 20 heavy (non-hydrogen) atoms. The Morgan fingerprint density at radius 2 is 2.15 bits per heavy atom. The summed E-state index contributed by atoms with van der Waals surface area (Å²) in [6, 6.07) is -0.735. The van der Waals surface area contributed by atoms with Crippen LogP contribution in [0.5, 0.6) is 0 Å².